The van der Waals surface area contributed by atoms with Crippen LogP contribution in [0.3, 0.4) is 0 Å². The maximum atomic E-state index is 12.9. The summed E-state index contributed by atoms with van der Waals surface area (Å²) < 4.78 is 0.283. The Labute approximate surface area is 136 Å². The van der Waals surface area contributed by atoms with Crippen molar-refractivity contribution < 1.29 is 9.28 Å². The quantitative estimate of drug-likeness (QED) is 0.872. The Balaban J connectivity index is 1.71. The van der Waals surface area contributed by atoms with Crippen LogP contribution in [0.5, 0.6) is 0 Å². The van der Waals surface area contributed by atoms with Gasteiger partial charge in [-0.3, -0.25) is 10.3 Å². The molecule has 120 valence electrons. The molecule has 1 atom stereocenters. The van der Waals surface area contributed by atoms with Gasteiger partial charge >= 0.3 is 6.03 Å². The van der Waals surface area contributed by atoms with E-state index in [2.05, 4.69) is 28.3 Å². The molecule has 1 N–H and O–H groups in total. The minimum Gasteiger partial charge on any atom is -0.321 e. The Morgan fingerprint density at radius 3 is 2.74 bits per heavy atom. The number of nitrogens with one attached hydrogen (secondary N) is 1. The number of amides is 2. The van der Waals surface area contributed by atoms with Crippen LogP contribution in [0.25, 0.3) is 0 Å². The van der Waals surface area contributed by atoms with Crippen LogP contribution in [-0.2, 0) is 0 Å². The lowest BCUT2D eigenvalue weighted by atomic mass is 10.2. The summed E-state index contributed by atoms with van der Waals surface area (Å²) in [5, 5.41) is 2.99. The van der Waals surface area contributed by atoms with Crippen LogP contribution in [0, 0.1) is 0 Å². The maximum absolute atomic E-state index is 12.9. The molecule has 2 amide bonds. The summed E-state index contributed by atoms with van der Waals surface area (Å²) in [7, 11) is 0. The van der Waals surface area contributed by atoms with Crippen LogP contribution in [0.2, 0.25) is 0 Å². The number of aromatic nitrogens is 1. The van der Waals surface area contributed by atoms with Gasteiger partial charge in [-0.1, -0.05) is 12.8 Å². The van der Waals surface area contributed by atoms with Crippen molar-refractivity contribution in [1.29, 1.82) is 0 Å². The molecule has 0 radical (unpaired) electrons. The minimum atomic E-state index is 0.0149. The van der Waals surface area contributed by atoms with Gasteiger partial charge < -0.3 is 4.90 Å². The number of rotatable bonds is 3. The van der Waals surface area contributed by atoms with Crippen LogP contribution in [-0.4, -0.2) is 45.5 Å². The van der Waals surface area contributed by atoms with Gasteiger partial charge in [-0.2, -0.15) is 9.48 Å². The zero-order chi connectivity index (χ0) is 15.9. The van der Waals surface area contributed by atoms with Crippen molar-refractivity contribution in [2.75, 3.05) is 13.2 Å². The summed E-state index contributed by atoms with van der Waals surface area (Å²) in [5.41, 5.74) is 0.891. The van der Waals surface area contributed by atoms with Crippen molar-refractivity contribution in [3.05, 3.63) is 42.1 Å². The van der Waals surface area contributed by atoms with E-state index in [1.165, 1.54) is 25.7 Å². The molecule has 1 fully saturated rings. The molecule has 3 aliphatic rings. The molecule has 6 heteroatoms. The number of hydrogen-bond acceptors (Lipinski definition) is 4. The summed E-state index contributed by atoms with van der Waals surface area (Å²) in [6.45, 7) is 3.47. The highest BCUT2D eigenvalue weighted by molar-refractivity contribution is 6.07. The van der Waals surface area contributed by atoms with Crippen molar-refractivity contribution in [2.45, 2.75) is 38.6 Å². The van der Waals surface area contributed by atoms with Gasteiger partial charge in [0.2, 0.25) is 0 Å². The van der Waals surface area contributed by atoms with E-state index < -0.39 is 0 Å². The highest BCUT2D eigenvalue weighted by Crippen LogP contribution is 2.35. The van der Waals surface area contributed by atoms with Crippen LogP contribution >= 0.6 is 0 Å². The molecule has 1 aliphatic carbocycles. The van der Waals surface area contributed by atoms with Gasteiger partial charge in [-0.25, -0.2) is 4.79 Å². The third kappa shape index (κ3) is 2.25. The number of nitrogens with zero attached hydrogens (tertiary/aromatic N) is 4. The summed E-state index contributed by atoms with van der Waals surface area (Å²) >= 11 is 0. The molecule has 3 heterocycles. The van der Waals surface area contributed by atoms with Crippen molar-refractivity contribution >= 4 is 11.9 Å². The van der Waals surface area contributed by atoms with E-state index in [-0.39, 0.29) is 10.5 Å². The first kappa shape index (κ1) is 14.4. The van der Waals surface area contributed by atoms with Crippen molar-refractivity contribution in [3.63, 3.8) is 0 Å². The molecule has 1 unspecified atom stereocenters. The van der Waals surface area contributed by atoms with E-state index in [9.17, 15) is 4.79 Å². The number of carbonyl (C=O) groups is 1. The molecular weight excluding hydrogens is 290 g/mol. The normalized spacial score (nSPS) is 27.5. The van der Waals surface area contributed by atoms with Gasteiger partial charge in [0, 0.05) is 24.0 Å². The largest absolute Gasteiger partial charge is 0.430 e. The highest BCUT2D eigenvalue weighted by atomic mass is 16.2. The van der Waals surface area contributed by atoms with Gasteiger partial charge in [0.15, 0.2) is 12.5 Å². The minimum absolute atomic E-state index is 0.0149. The summed E-state index contributed by atoms with van der Waals surface area (Å²) in [5.74, 6) is 1.48. The third-order valence-electron chi connectivity index (χ3n) is 5.25. The highest BCUT2D eigenvalue weighted by Gasteiger charge is 2.50. The van der Waals surface area contributed by atoms with Crippen molar-refractivity contribution in [1.82, 2.24) is 15.2 Å². The van der Waals surface area contributed by atoms with Gasteiger partial charge in [0.05, 0.1) is 12.7 Å². The fraction of sp³-hybridized carbons (Fsp3) is 0.471. The summed E-state index contributed by atoms with van der Waals surface area (Å²) in [4.78, 5) is 24.0. The Kier molecular flexibility index (Phi) is 3.41. The Morgan fingerprint density at radius 2 is 2.04 bits per heavy atom. The number of urea groups is 1. The summed E-state index contributed by atoms with van der Waals surface area (Å²) in [6.07, 6.45) is 10.6. The van der Waals surface area contributed by atoms with Gasteiger partial charge in [-0.05, 0) is 31.9 Å². The number of aliphatic imine (C=N–C) groups is 1. The molecule has 1 aromatic rings. The number of pyridine rings is 1. The van der Waals surface area contributed by atoms with E-state index in [1.807, 2.05) is 12.1 Å². The van der Waals surface area contributed by atoms with Crippen LogP contribution in [0.4, 0.5) is 4.79 Å². The third-order valence-corrected chi connectivity index (χ3v) is 5.25. The van der Waals surface area contributed by atoms with Crippen molar-refractivity contribution in [3.8, 4) is 0 Å². The van der Waals surface area contributed by atoms with E-state index >= 15 is 0 Å². The molecule has 0 spiro atoms. The topological polar surface area (TPSA) is 57.6 Å². The fourth-order valence-corrected chi connectivity index (χ4v) is 3.80. The fourth-order valence-electron chi connectivity index (χ4n) is 3.80. The van der Waals surface area contributed by atoms with Gasteiger partial charge in [-0.15, -0.1) is 0 Å². The molecule has 1 aromatic heterocycles. The number of quaternary nitrogens is 1. The van der Waals surface area contributed by atoms with E-state index in [0.717, 1.165) is 11.4 Å². The zero-order valence-corrected chi connectivity index (χ0v) is 13.4. The molecule has 1 saturated carbocycles. The second-order valence-corrected chi connectivity index (χ2v) is 6.49. The number of carbonyl (C=O) groups excluding carboxylic acids is 1. The molecule has 4 rings (SSSR count). The lowest BCUT2D eigenvalue weighted by molar-refractivity contribution is -0.813. The monoisotopic (exact) mass is 312 g/mol. The molecule has 2 aliphatic heterocycles. The molecular formula is C17H22N5O+. The molecule has 6 nitrogen and oxygen atoms in total. The lowest BCUT2D eigenvalue weighted by Crippen LogP contribution is -2.60. The van der Waals surface area contributed by atoms with Gasteiger partial charge in [0.25, 0.3) is 5.82 Å². The van der Waals surface area contributed by atoms with E-state index in [4.69, 9.17) is 4.99 Å². The zero-order valence-electron chi connectivity index (χ0n) is 13.4. The second-order valence-electron chi connectivity index (χ2n) is 6.49. The lowest BCUT2D eigenvalue weighted by Gasteiger charge is -2.34. The average molecular weight is 312 g/mol. The maximum Gasteiger partial charge on any atom is 0.430 e. The average Bonchev–Trinajstić information content (AvgIpc) is 3.23. The SMILES string of the molecule is CC[N+]12CN(C3CCCC3)C=C1N=C(c1ccncc1)NC2=O. The Hall–Kier alpha value is -2.21. The number of fused-ring (bicyclic) bond motifs is 1. The number of amidine groups is 1. The van der Waals surface area contributed by atoms with Crippen LogP contribution in [0.1, 0.15) is 38.2 Å². The van der Waals surface area contributed by atoms with Gasteiger partial charge in [0.1, 0.15) is 0 Å². The Morgan fingerprint density at radius 1 is 1.30 bits per heavy atom. The van der Waals surface area contributed by atoms with E-state index in [1.54, 1.807) is 12.4 Å². The predicted molar refractivity (Wildman–Crippen MR) is 87.2 cm³/mol. The van der Waals surface area contributed by atoms with Crippen molar-refractivity contribution in [2.24, 2.45) is 4.99 Å². The first-order valence-electron chi connectivity index (χ1n) is 8.39. The van der Waals surface area contributed by atoms with E-state index in [0.29, 0.717) is 25.1 Å². The molecule has 0 saturated heterocycles. The summed E-state index contributed by atoms with van der Waals surface area (Å²) in [6, 6.07) is 4.31. The Bertz CT molecular complexity index is 677. The molecule has 23 heavy (non-hydrogen) atoms. The predicted octanol–water partition coefficient (Wildman–Crippen LogP) is 2.40. The standard InChI is InChI=1S/C17H21N5O/c1-2-22-12-21(14-5-3-4-6-14)11-15(22)19-16(20-17(22)23)13-7-9-18-10-8-13/h7-11,14H,2-6,12H2,1H3/p+1. The molecule has 0 aromatic carbocycles. The van der Waals surface area contributed by atoms with Crippen LogP contribution < -0.4 is 5.32 Å². The first-order valence-corrected chi connectivity index (χ1v) is 8.39. The smallest absolute Gasteiger partial charge is 0.321 e. The molecule has 0 bridgehead atoms. The first-order chi connectivity index (χ1) is 11.2. The number of hydrogen-bond donors (Lipinski definition) is 1. The van der Waals surface area contributed by atoms with Crippen LogP contribution in [0.15, 0.2) is 41.5 Å². The second kappa shape index (κ2) is 5.45.